The van der Waals surface area contributed by atoms with Crippen LogP contribution in [0.2, 0.25) is 0 Å². The fraction of sp³-hybridized carbons (Fsp3) is 0.357. The minimum absolute atomic E-state index is 0.0998. The van der Waals surface area contributed by atoms with Crippen molar-refractivity contribution in [2.45, 2.75) is 6.54 Å². The van der Waals surface area contributed by atoms with Crippen LogP contribution < -0.4 is 4.80 Å². The average Bonchev–Trinajstić information content (AvgIpc) is 2.90. The van der Waals surface area contributed by atoms with Gasteiger partial charge in [-0.05, 0) is 6.07 Å². The molecular weight excluding hydrogens is 400 g/mol. The van der Waals surface area contributed by atoms with Gasteiger partial charge in [-0.1, -0.05) is 11.3 Å². The van der Waals surface area contributed by atoms with Crippen LogP contribution in [0.4, 0.5) is 5.69 Å². The van der Waals surface area contributed by atoms with E-state index in [4.69, 9.17) is 0 Å². The summed E-state index contributed by atoms with van der Waals surface area (Å²) >= 11 is 0.966. The van der Waals surface area contributed by atoms with Crippen molar-refractivity contribution in [1.29, 1.82) is 0 Å². The maximum Gasteiger partial charge on any atom is 0.325 e. The van der Waals surface area contributed by atoms with Gasteiger partial charge in [0, 0.05) is 19.2 Å². The Labute approximate surface area is 157 Å². The molecule has 1 aromatic heterocycles. The molecule has 0 saturated heterocycles. The lowest BCUT2D eigenvalue weighted by Crippen LogP contribution is -2.31. The van der Waals surface area contributed by atoms with Gasteiger partial charge in [0.1, 0.15) is 6.54 Å². The van der Waals surface area contributed by atoms with Crippen molar-refractivity contribution < 1.29 is 27.7 Å². The molecule has 0 N–H and O–H groups in total. The van der Waals surface area contributed by atoms with Crippen LogP contribution in [0.15, 0.2) is 23.2 Å². The molecule has 0 saturated carbocycles. The number of benzene rings is 1. The summed E-state index contributed by atoms with van der Waals surface area (Å²) in [6.45, 7) is -0.742. The number of hydrogen-bond acceptors (Lipinski definition) is 8. The van der Waals surface area contributed by atoms with Gasteiger partial charge in [0.05, 0.1) is 35.1 Å². The molecule has 27 heavy (non-hydrogen) atoms. The lowest BCUT2D eigenvalue weighted by molar-refractivity contribution is -0.384. The highest BCUT2D eigenvalue weighted by Gasteiger charge is 2.17. The Bertz CT molecular complexity index is 1080. The Morgan fingerprint density at radius 2 is 2.07 bits per heavy atom. The van der Waals surface area contributed by atoms with E-state index in [1.165, 1.54) is 36.9 Å². The zero-order valence-electron chi connectivity index (χ0n) is 14.6. The normalized spacial score (nSPS) is 12.5. The van der Waals surface area contributed by atoms with Gasteiger partial charge in [-0.25, -0.2) is 8.42 Å². The molecular formula is C14H16N4O7S2. The second-order valence-electron chi connectivity index (χ2n) is 5.48. The number of carbonyl (C=O) groups excluding carboxylic acids is 2. The molecule has 1 heterocycles. The zero-order valence-corrected chi connectivity index (χ0v) is 16.2. The van der Waals surface area contributed by atoms with Crippen LogP contribution in [-0.2, 0) is 30.9 Å². The van der Waals surface area contributed by atoms with E-state index < -0.39 is 33.4 Å². The highest BCUT2D eigenvalue weighted by Crippen LogP contribution is 2.23. The Morgan fingerprint density at radius 1 is 1.41 bits per heavy atom. The number of amides is 1. The van der Waals surface area contributed by atoms with Gasteiger partial charge in [-0.3, -0.25) is 19.7 Å². The first kappa shape index (κ1) is 20.7. The van der Waals surface area contributed by atoms with Crippen LogP contribution in [0.5, 0.6) is 0 Å². The molecule has 0 aliphatic heterocycles. The Morgan fingerprint density at radius 3 is 2.63 bits per heavy atom. The number of methoxy groups -OCH3 is 1. The van der Waals surface area contributed by atoms with Crippen LogP contribution in [0.3, 0.4) is 0 Å². The Balaban J connectivity index is 2.55. The molecule has 0 fully saturated rings. The number of rotatable bonds is 6. The number of aromatic nitrogens is 1. The monoisotopic (exact) mass is 416 g/mol. The molecule has 0 atom stereocenters. The smallest absolute Gasteiger partial charge is 0.325 e. The Hall–Kier alpha value is -2.64. The summed E-state index contributed by atoms with van der Waals surface area (Å²) in [4.78, 5) is 38.2. The second kappa shape index (κ2) is 7.94. The number of nitro groups is 1. The number of fused-ring (bicyclic) bond motifs is 1. The summed E-state index contributed by atoms with van der Waals surface area (Å²) < 4.78 is 30.1. The van der Waals surface area contributed by atoms with E-state index in [2.05, 4.69) is 9.73 Å². The van der Waals surface area contributed by atoms with Crippen LogP contribution in [0, 0.1) is 10.1 Å². The van der Waals surface area contributed by atoms with Crippen LogP contribution in [0.25, 0.3) is 10.2 Å². The number of non-ortho nitro benzene ring substituents is 1. The number of nitrogens with zero attached hydrogens (tertiary/aromatic N) is 4. The SMILES string of the molecule is COC(=O)Cn1c(=NC(=O)CN(C)S(C)(=O)=O)sc2cc([N+](=O)[O-])ccc21. The largest absolute Gasteiger partial charge is 0.468 e. The van der Waals surface area contributed by atoms with Gasteiger partial charge in [-0.2, -0.15) is 9.30 Å². The molecule has 0 radical (unpaired) electrons. The van der Waals surface area contributed by atoms with Gasteiger partial charge < -0.3 is 9.30 Å². The molecule has 11 nitrogen and oxygen atoms in total. The van der Waals surface area contributed by atoms with E-state index in [1.807, 2.05) is 0 Å². The van der Waals surface area contributed by atoms with E-state index in [9.17, 15) is 28.1 Å². The fourth-order valence-corrected chi connectivity index (χ4v) is 3.48. The fourth-order valence-electron chi connectivity index (χ4n) is 2.06. The number of ether oxygens (including phenoxy) is 1. The number of likely N-dealkylation sites (N-methyl/N-ethyl adjacent to an activating group) is 1. The topological polar surface area (TPSA) is 141 Å². The van der Waals surface area contributed by atoms with E-state index in [0.717, 1.165) is 21.9 Å². The van der Waals surface area contributed by atoms with Crippen molar-refractivity contribution in [3.63, 3.8) is 0 Å². The number of sulfonamides is 1. The second-order valence-corrected chi connectivity index (χ2v) is 8.58. The van der Waals surface area contributed by atoms with Crippen LogP contribution in [-0.4, -0.2) is 61.0 Å². The van der Waals surface area contributed by atoms with E-state index in [1.54, 1.807) is 0 Å². The Kier molecular flexibility index (Phi) is 6.08. The molecule has 1 aromatic carbocycles. The molecule has 0 bridgehead atoms. The van der Waals surface area contributed by atoms with Crippen molar-refractivity contribution in [3.05, 3.63) is 33.1 Å². The molecule has 146 valence electrons. The van der Waals surface area contributed by atoms with Crippen LogP contribution in [0.1, 0.15) is 0 Å². The van der Waals surface area contributed by atoms with Gasteiger partial charge >= 0.3 is 5.97 Å². The van der Waals surface area contributed by atoms with Crippen molar-refractivity contribution in [1.82, 2.24) is 8.87 Å². The number of carbonyl (C=O) groups is 2. The number of thiazole rings is 1. The highest BCUT2D eigenvalue weighted by atomic mass is 32.2. The van der Waals surface area contributed by atoms with E-state index in [0.29, 0.717) is 10.2 Å². The van der Waals surface area contributed by atoms with E-state index in [-0.39, 0.29) is 17.0 Å². The number of nitro benzene ring substituents is 1. The molecule has 0 spiro atoms. The minimum Gasteiger partial charge on any atom is -0.468 e. The van der Waals surface area contributed by atoms with E-state index >= 15 is 0 Å². The average molecular weight is 416 g/mol. The van der Waals surface area contributed by atoms with Crippen molar-refractivity contribution >= 4 is 49.1 Å². The predicted octanol–water partition coefficient (Wildman–Crippen LogP) is 0.103. The van der Waals surface area contributed by atoms with Gasteiger partial charge in [0.15, 0.2) is 4.80 Å². The third-order valence-corrected chi connectivity index (χ3v) is 5.84. The molecule has 2 rings (SSSR count). The predicted molar refractivity (Wildman–Crippen MR) is 96.5 cm³/mol. The third-order valence-electron chi connectivity index (χ3n) is 3.54. The lowest BCUT2D eigenvalue weighted by atomic mass is 10.3. The molecule has 1 amide bonds. The standard InChI is InChI=1S/C14H16N4O7S2/c1-16(27(3,23)24)7-12(19)15-14-17(8-13(20)25-2)10-5-4-9(18(21)22)6-11(10)26-14/h4-6H,7-8H2,1-3H3. The molecule has 2 aromatic rings. The maximum absolute atomic E-state index is 12.1. The molecule has 0 aliphatic carbocycles. The quantitative estimate of drug-likeness (QED) is 0.369. The molecule has 13 heteroatoms. The lowest BCUT2D eigenvalue weighted by Gasteiger charge is -2.10. The molecule has 0 aliphatic rings. The third kappa shape index (κ3) is 4.96. The van der Waals surface area contributed by atoms with Gasteiger partial charge in [-0.15, -0.1) is 0 Å². The summed E-state index contributed by atoms with van der Waals surface area (Å²) in [7, 11) is -1.13. The summed E-state index contributed by atoms with van der Waals surface area (Å²) in [6.07, 6.45) is 0.955. The summed E-state index contributed by atoms with van der Waals surface area (Å²) in [5.41, 5.74) is 0.308. The first-order chi connectivity index (χ1) is 12.5. The van der Waals surface area contributed by atoms with Crippen molar-refractivity contribution in [2.75, 3.05) is 27.0 Å². The van der Waals surface area contributed by atoms with Gasteiger partial charge in [0.2, 0.25) is 10.0 Å². The molecule has 0 unspecified atom stereocenters. The summed E-state index contributed by atoms with van der Waals surface area (Å²) in [5, 5.41) is 10.9. The van der Waals surface area contributed by atoms with Crippen molar-refractivity contribution in [2.24, 2.45) is 4.99 Å². The zero-order chi connectivity index (χ0) is 20.4. The first-order valence-electron chi connectivity index (χ1n) is 7.36. The minimum atomic E-state index is -3.56. The van der Waals surface area contributed by atoms with Crippen LogP contribution >= 0.6 is 11.3 Å². The highest BCUT2D eigenvalue weighted by molar-refractivity contribution is 7.88. The van der Waals surface area contributed by atoms with Crippen molar-refractivity contribution in [3.8, 4) is 0 Å². The maximum atomic E-state index is 12.1. The number of esters is 1. The summed E-state index contributed by atoms with van der Waals surface area (Å²) in [6, 6.07) is 4.02. The summed E-state index contributed by atoms with van der Waals surface area (Å²) in [5.74, 6) is -1.35. The number of hydrogen-bond donors (Lipinski definition) is 0. The van der Waals surface area contributed by atoms with Gasteiger partial charge in [0.25, 0.3) is 11.6 Å². The first-order valence-corrected chi connectivity index (χ1v) is 10.0.